The molecule has 0 bridgehead atoms. The Kier molecular flexibility index (Phi) is 5.21. The van der Waals surface area contributed by atoms with Gasteiger partial charge in [0.1, 0.15) is 11.3 Å². The number of carboxylic acid groups (broad SMARTS) is 1. The molecule has 0 radical (unpaired) electrons. The van der Waals surface area contributed by atoms with Crippen LogP contribution in [-0.2, 0) is 4.79 Å². The van der Waals surface area contributed by atoms with E-state index in [-0.39, 0.29) is 0 Å². The van der Waals surface area contributed by atoms with Gasteiger partial charge < -0.3 is 15.2 Å². The number of aromatic nitrogens is 1. The summed E-state index contributed by atoms with van der Waals surface area (Å²) in [5.41, 5.74) is 0.863. The number of nitrogens with one attached hydrogen (secondary N) is 1. The lowest BCUT2D eigenvalue weighted by molar-refractivity contribution is -0.145. The molecule has 6 nitrogen and oxygen atoms in total. The smallest absolute Gasteiger partial charge is 0.329 e. The van der Waals surface area contributed by atoms with E-state index < -0.39 is 17.4 Å². The highest BCUT2D eigenvalue weighted by molar-refractivity contribution is 5.98. The lowest BCUT2D eigenvalue weighted by Crippen LogP contribution is -2.55. The van der Waals surface area contributed by atoms with Crippen LogP contribution in [0.5, 0.6) is 5.75 Å². The minimum Gasteiger partial charge on any atom is -0.497 e. The number of carbonyl (C=O) groups excluding carboxylic acids is 1. The van der Waals surface area contributed by atoms with Crippen LogP contribution in [0, 0.1) is 0 Å². The highest BCUT2D eigenvalue weighted by Gasteiger charge is 2.41. The van der Waals surface area contributed by atoms with E-state index in [4.69, 9.17) is 4.74 Å². The summed E-state index contributed by atoms with van der Waals surface area (Å²) in [7, 11) is 1.60. The number of ether oxygens (including phenoxy) is 1. The van der Waals surface area contributed by atoms with Crippen molar-refractivity contribution in [2.45, 2.75) is 37.6 Å². The Morgan fingerprint density at radius 3 is 2.38 bits per heavy atom. The Balaban J connectivity index is 1.82. The van der Waals surface area contributed by atoms with Crippen molar-refractivity contribution in [3.05, 3.63) is 48.3 Å². The average molecular weight is 354 g/mol. The first kappa shape index (κ1) is 17.9. The molecular weight excluding hydrogens is 332 g/mol. The van der Waals surface area contributed by atoms with Crippen LogP contribution in [0.25, 0.3) is 11.1 Å². The van der Waals surface area contributed by atoms with Gasteiger partial charge in [0.25, 0.3) is 5.91 Å². The number of carboxylic acids is 1. The van der Waals surface area contributed by atoms with Crippen molar-refractivity contribution in [2.75, 3.05) is 7.11 Å². The maximum Gasteiger partial charge on any atom is 0.329 e. The molecule has 0 aliphatic heterocycles. The van der Waals surface area contributed by atoms with Crippen LogP contribution >= 0.6 is 0 Å². The largest absolute Gasteiger partial charge is 0.497 e. The number of rotatable bonds is 5. The van der Waals surface area contributed by atoms with Crippen molar-refractivity contribution >= 4 is 11.9 Å². The summed E-state index contributed by atoms with van der Waals surface area (Å²) in [5, 5.41) is 12.4. The Morgan fingerprint density at radius 2 is 1.77 bits per heavy atom. The molecule has 6 heteroatoms. The van der Waals surface area contributed by atoms with E-state index in [1.54, 1.807) is 19.4 Å². The molecular formula is C20H22N2O4. The first-order valence-electron chi connectivity index (χ1n) is 8.69. The van der Waals surface area contributed by atoms with Crippen LogP contribution in [0.1, 0.15) is 42.5 Å². The van der Waals surface area contributed by atoms with Crippen LogP contribution < -0.4 is 10.1 Å². The molecule has 1 fully saturated rings. The van der Waals surface area contributed by atoms with Gasteiger partial charge in [0, 0.05) is 18.0 Å². The number of methoxy groups -OCH3 is 1. The number of hydrogen-bond donors (Lipinski definition) is 2. The molecule has 1 amide bonds. The first-order chi connectivity index (χ1) is 12.5. The topological polar surface area (TPSA) is 88.5 Å². The molecule has 2 aromatic rings. The number of nitrogens with zero attached hydrogens (tertiary/aromatic N) is 1. The third kappa shape index (κ3) is 3.69. The fourth-order valence-electron chi connectivity index (χ4n) is 3.34. The van der Waals surface area contributed by atoms with Gasteiger partial charge in [0.15, 0.2) is 0 Å². The Labute approximate surface area is 152 Å². The van der Waals surface area contributed by atoms with Gasteiger partial charge in [-0.25, -0.2) is 4.79 Å². The van der Waals surface area contributed by atoms with Gasteiger partial charge in [0.05, 0.1) is 12.7 Å². The Bertz CT molecular complexity index is 796. The van der Waals surface area contributed by atoms with Crippen LogP contribution in [0.2, 0.25) is 0 Å². The number of amides is 1. The zero-order chi connectivity index (χ0) is 18.6. The molecule has 3 rings (SSSR count). The van der Waals surface area contributed by atoms with E-state index in [0.717, 1.165) is 36.1 Å². The molecule has 1 aromatic carbocycles. The minimum absolute atomic E-state index is 0.351. The van der Waals surface area contributed by atoms with Crippen molar-refractivity contribution < 1.29 is 19.4 Å². The molecule has 1 aliphatic rings. The van der Waals surface area contributed by atoms with Crippen molar-refractivity contribution in [3.8, 4) is 16.9 Å². The van der Waals surface area contributed by atoms with Crippen LogP contribution in [0.4, 0.5) is 0 Å². The number of carbonyl (C=O) groups is 2. The summed E-state index contributed by atoms with van der Waals surface area (Å²) < 4.78 is 5.15. The lowest BCUT2D eigenvalue weighted by atomic mass is 9.81. The number of aliphatic carboxylic acids is 1. The zero-order valence-corrected chi connectivity index (χ0v) is 14.7. The quantitative estimate of drug-likeness (QED) is 0.860. The van der Waals surface area contributed by atoms with Gasteiger partial charge in [-0.1, -0.05) is 31.4 Å². The predicted octanol–water partition coefficient (Wildman–Crippen LogP) is 3.27. The summed E-state index contributed by atoms with van der Waals surface area (Å²) in [6.07, 6.45) is 6.65. The van der Waals surface area contributed by atoms with Gasteiger partial charge >= 0.3 is 5.97 Å². The van der Waals surface area contributed by atoms with E-state index in [9.17, 15) is 14.7 Å². The second kappa shape index (κ2) is 7.56. The Hall–Kier alpha value is -2.89. The van der Waals surface area contributed by atoms with Crippen LogP contribution in [0.3, 0.4) is 0 Å². The third-order valence-electron chi connectivity index (χ3n) is 4.89. The van der Waals surface area contributed by atoms with E-state index in [1.807, 2.05) is 24.3 Å². The molecule has 0 saturated heterocycles. The zero-order valence-electron chi connectivity index (χ0n) is 14.7. The molecule has 0 unspecified atom stereocenters. The molecule has 26 heavy (non-hydrogen) atoms. The summed E-state index contributed by atoms with van der Waals surface area (Å²) in [6, 6.07) is 9.17. The molecule has 1 aromatic heterocycles. The minimum atomic E-state index is -1.18. The maximum atomic E-state index is 12.7. The van der Waals surface area contributed by atoms with Crippen molar-refractivity contribution in [1.29, 1.82) is 0 Å². The highest BCUT2D eigenvalue weighted by Crippen LogP contribution is 2.29. The molecule has 2 N–H and O–H groups in total. The third-order valence-corrected chi connectivity index (χ3v) is 4.89. The van der Waals surface area contributed by atoms with E-state index in [2.05, 4.69) is 10.3 Å². The first-order valence-corrected chi connectivity index (χ1v) is 8.69. The summed E-state index contributed by atoms with van der Waals surface area (Å²) in [6.45, 7) is 0. The fourth-order valence-corrected chi connectivity index (χ4v) is 3.34. The SMILES string of the molecule is COc1ccc(-c2cncc(C(=O)NC3(C(=O)O)CCCCC3)c2)cc1. The van der Waals surface area contributed by atoms with Crippen molar-refractivity contribution in [3.63, 3.8) is 0 Å². The number of benzene rings is 1. The summed E-state index contributed by atoms with van der Waals surface area (Å²) in [5.74, 6) is -0.627. The summed E-state index contributed by atoms with van der Waals surface area (Å²) >= 11 is 0. The monoisotopic (exact) mass is 354 g/mol. The molecule has 0 spiro atoms. The summed E-state index contributed by atoms with van der Waals surface area (Å²) in [4.78, 5) is 28.6. The van der Waals surface area contributed by atoms with Crippen molar-refractivity contribution in [1.82, 2.24) is 10.3 Å². The molecule has 0 atom stereocenters. The van der Waals surface area contributed by atoms with Gasteiger partial charge in [-0.05, 0) is 36.6 Å². The fraction of sp³-hybridized carbons (Fsp3) is 0.350. The Morgan fingerprint density at radius 1 is 1.08 bits per heavy atom. The molecule has 1 saturated carbocycles. The second-order valence-electron chi connectivity index (χ2n) is 6.59. The van der Waals surface area contributed by atoms with Crippen molar-refractivity contribution in [2.24, 2.45) is 0 Å². The van der Waals surface area contributed by atoms with E-state index >= 15 is 0 Å². The normalized spacial score (nSPS) is 15.9. The molecule has 136 valence electrons. The highest BCUT2D eigenvalue weighted by atomic mass is 16.5. The second-order valence-corrected chi connectivity index (χ2v) is 6.59. The van der Waals surface area contributed by atoms with E-state index in [1.165, 1.54) is 6.20 Å². The molecule has 1 heterocycles. The molecule has 1 aliphatic carbocycles. The number of hydrogen-bond acceptors (Lipinski definition) is 4. The standard InChI is InChI=1S/C20H22N2O4/c1-26-17-7-5-14(6-8-17)15-11-16(13-21-12-15)18(23)22-20(19(24)25)9-3-2-4-10-20/h5-8,11-13H,2-4,9-10H2,1H3,(H,22,23)(H,24,25). The van der Waals surface area contributed by atoms with Gasteiger partial charge in [-0.2, -0.15) is 0 Å². The van der Waals surface area contributed by atoms with E-state index in [0.29, 0.717) is 18.4 Å². The maximum absolute atomic E-state index is 12.7. The lowest BCUT2D eigenvalue weighted by Gasteiger charge is -2.33. The van der Waals surface area contributed by atoms with Gasteiger partial charge in [-0.3, -0.25) is 9.78 Å². The predicted molar refractivity (Wildman–Crippen MR) is 97.1 cm³/mol. The van der Waals surface area contributed by atoms with Crippen LogP contribution in [-0.4, -0.2) is 34.6 Å². The van der Waals surface area contributed by atoms with Gasteiger partial charge in [0.2, 0.25) is 0 Å². The number of pyridine rings is 1. The van der Waals surface area contributed by atoms with Gasteiger partial charge in [-0.15, -0.1) is 0 Å². The van der Waals surface area contributed by atoms with Crippen LogP contribution in [0.15, 0.2) is 42.7 Å². The average Bonchev–Trinajstić information content (AvgIpc) is 2.68.